The van der Waals surface area contributed by atoms with Gasteiger partial charge in [0.2, 0.25) is 0 Å². The minimum Gasteiger partial charge on any atom is -0.489 e. The standard InChI is InChI=1S/C25H28O2/c1-25-14-13-21-20-10-8-19(27-16-17-5-3-2-4-6-17)15-18(20)7-9-22(21)23(25)11-12-24(25)26/h2-6,8,10-12,15,21-24,26H,7,9,13-14,16H2,1H3/t21?,22?,23-,24-,25-/m0/s1. The zero-order valence-corrected chi connectivity index (χ0v) is 16.0. The number of hydrogen-bond donors (Lipinski definition) is 1. The molecule has 3 aliphatic carbocycles. The van der Waals surface area contributed by atoms with Gasteiger partial charge < -0.3 is 9.84 Å². The molecule has 2 aromatic rings. The predicted molar refractivity (Wildman–Crippen MR) is 108 cm³/mol. The minimum absolute atomic E-state index is 0.0530. The molecule has 0 radical (unpaired) electrons. The van der Waals surface area contributed by atoms with E-state index in [-0.39, 0.29) is 11.5 Å². The lowest BCUT2D eigenvalue weighted by Crippen LogP contribution is -2.44. The highest BCUT2D eigenvalue weighted by Crippen LogP contribution is 2.58. The van der Waals surface area contributed by atoms with Gasteiger partial charge in [0.05, 0.1) is 6.10 Å². The van der Waals surface area contributed by atoms with E-state index in [1.807, 2.05) is 12.1 Å². The molecule has 2 unspecified atom stereocenters. The molecule has 5 rings (SSSR count). The van der Waals surface area contributed by atoms with E-state index in [2.05, 4.69) is 55.5 Å². The Bertz CT molecular complexity index is 856. The molecule has 2 nitrogen and oxygen atoms in total. The average molecular weight is 360 g/mol. The molecule has 0 amide bonds. The van der Waals surface area contributed by atoms with Gasteiger partial charge in [-0.05, 0) is 72.3 Å². The largest absolute Gasteiger partial charge is 0.489 e. The van der Waals surface area contributed by atoms with Crippen LogP contribution in [0.3, 0.4) is 0 Å². The number of aliphatic hydroxyl groups excluding tert-OH is 1. The summed E-state index contributed by atoms with van der Waals surface area (Å²) >= 11 is 0. The van der Waals surface area contributed by atoms with Gasteiger partial charge in [-0.1, -0.05) is 55.5 Å². The summed E-state index contributed by atoms with van der Waals surface area (Å²) in [4.78, 5) is 0. The minimum atomic E-state index is -0.265. The zero-order chi connectivity index (χ0) is 18.4. The number of allylic oxidation sites excluding steroid dienone is 1. The highest BCUT2D eigenvalue weighted by atomic mass is 16.5. The molecule has 2 heteroatoms. The maximum Gasteiger partial charge on any atom is 0.120 e. The van der Waals surface area contributed by atoms with Crippen LogP contribution < -0.4 is 4.74 Å². The Morgan fingerprint density at radius 2 is 1.93 bits per heavy atom. The fourth-order valence-electron chi connectivity index (χ4n) is 5.82. The molecule has 1 saturated carbocycles. The van der Waals surface area contributed by atoms with E-state index in [0.717, 1.165) is 18.6 Å². The Morgan fingerprint density at radius 1 is 1.07 bits per heavy atom. The molecule has 2 aromatic carbocycles. The van der Waals surface area contributed by atoms with Gasteiger partial charge in [0.1, 0.15) is 12.4 Å². The van der Waals surface area contributed by atoms with Crippen LogP contribution in [0.2, 0.25) is 0 Å². The summed E-state index contributed by atoms with van der Waals surface area (Å²) in [5, 5.41) is 10.5. The number of benzene rings is 2. The lowest BCUT2D eigenvalue weighted by atomic mass is 9.55. The second kappa shape index (κ2) is 6.53. The maximum atomic E-state index is 10.5. The molecule has 140 valence electrons. The van der Waals surface area contributed by atoms with Crippen LogP contribution in [0.4, 0.5) is 0 Å². The van der Waals surface area contributed by atoms with Crippen molar-refractivity contribution in [3.63, 3.8) is 0 Å². The van der Waals surface area contributed by atoms with Crippen molar-refractivity contribution in [1.82, 2.24) is 0 Å². The van der Waals surface area contributed by atoms with E-state index in [9.17, 15) is 5.11 Å². The number of aliphatic hydroxyl groups is 1. The van der Waals surface area contributed by atoms with Crippen LogP contribution in [0.5, 0.6) is 5.75 Å². The first-order chi connectivity index (χ1) is 13.1. The third-order valence-corrected chi connectivity index (χ3v) is 7.42. The highest BCUT2D eigenvalue weighted by molar-refractivity contribution is 5.41. The lowest BCUT2D eigenvalue weighted by Gasteiger charge is -2.50. The van der Waals surface area contributed by atoms with Gasteiger partial charge >= 0.3 is 0 Å². The van der Waals surface area contributed by atoms with Gasteiger partial charge in [0.25, 0.3) is 0 Å². The SMILES string of the molecule is C[C@]12CCC3c4ccc(OCc5ccccc5)cc4CCC3[C@@H]1C=C[C@@H]2O. The summed E-state index contributed by atoms with van der Waals surface area (Å²) in [6, 6.07) is 17.1. The number of hydrogen-bond acceptors (Lipinski definition) is 2. The van der Waals surface area contributed by atoms with E-state index in [4.69, 9.17) is 4.74 Å². The zero-order valence-electron chi connectivity index (χ0n) is 16.0. The van der Waals surface area contributed by atoms with Gasteiger partial charge in [0.15, 0.2) is 0 Å². The predicted octanol–water partition coefficient (Wildman–Crippen LogP) is 5.26. The van der Waals surface area contributed by atoms with Crippen LogP contribution >= 0.6 is 0 Å². The van der Waals surface area contributed by atoms with E-state index >= 15 is 0 Å². The molecular formula is C25H28O2. The molecule has 0 heterocycles. The Balaban J connectivity index is 1.35. The Labute approximate surface area is 161 Å². The van der Waals surface area contributed by atoms with Crippen molar-refractivity contribution < 1.29 is 9.84 Å². The summed E-state index contributed by atoms with van der Waals surface area (Å²) in [5.74, 6) is 2.80. The van der Waals surface area contributed by atoms with Crippen molar-refractivity contribution in [2.45, 2.75) is 51.2 Å². The number of aryl methyl sites for hydroxylation is 1. The van der Waals surface area contributed by atoms with E-state index in [1.54, 1.807) is 0 Å². The quantitative estimate of drug-likeness (QED) is 0.757. The molecule has 0 saturated heterocycles. The van der Waals surface area contributed by atoms with Crippen molar-refractivity contribution in [1.29, 1.82) is 0 Å². The molecule has 0 aromatic heterocycles. The van der Waals surface area contributed by atoms with Gasteiger partial charge in [-0.3, -0.25) is 0 Å². The van der Waals surface area contributed by atoms with Crippen LogP contribution in [0.25, 0.3) is 0 Å². The molecule has 3 aliphatic rings. The van der Waals surface area contributed by atoms with Gasteiger partial charge in [-0.15, -0.1) is 0 Å². The Kier molecular flexibility index (Phi) is 4.12. The molecule has 0 spiro atoms. The smallest absolute Gasteiger partial charge is 0.120 e. The highest BCUT2D eigenvalue weighted by Gasteiger charge is 2.52. The summed E-state index contributed by atoms with van der Waals surface area (Å²) in [7, 11) is 0. The topological polar surface area (TPSA) is 29.5 Å². The third kappa shape index (κ3) is 2.82. The molecule has 1 N–H and O–H groups in total. The summed E-state index contributed by atoms with van der Waals surface area (Å²) in [6.07, 6.45) is 8.73. The average Bonchev–Trinajstić information content (AvgIpc) is 3.01. The van der Waals surface area contributed by atoms with Crippen molar-refractivity contribution in [2.75, 3.05) is 0 Å². The van der Waals surface area contributed by atoms with E-state index < -0.39 is 0 Å². The monoisotopic (exact) mass is 360 g/mol. The normalized spacial score (nSPS) is 33.9. The van der Waals surface area contributed by atoms with E-state index in [0.29, 0.717) is 24.4 Å². The van der Waals surface area contributed by atoms with Crippen LogP contribution in [-0.2, 0) is 13.0 Å². The van der Waals surface area contributed by atoms with Gasteiger partial charge in [0, 0.05) is 5.41 Å². The first-order valence-electron chi connectivity index (χ1n) is 10.3. The molecule has 5 atom stereocenters. The molecule has 1 fully saturated rings. The molecule has 27 heavy (non-hydrogen) atoms. The van der Waals surface area contributed by atoms with Crippen LogP contribution in [0.1, 0.15) is 48.8 Å². The van der Waals surface area contributed by atoms with Crippen molar-refractivity contribution in [3.8, 4) is 5.75 Å². The van der Waals surface area contributed by atoms with E-state index in [1.165, 1.54) is 29.5 Å². The Hall–Kier alpha value is -2.06. The lowest BCUT2D eigenvalue weighted by molar-refractivity contribution is -0.0101. The molecule has 0 aliphatic heterocycles. The van der Waals surface area contributed by atoms with Crippen molar-refractivity contribution in [2.24, 2.45) is 17.3 Å². The molecule has 0 bridgehead atoms. The maximum absolute atomic E-state index is 10.5. The summed E-state index contributed by atoms with van der Waals surface area (Å²) < 4.78 is 6.05. The summed E-state index contributed by atoms with van der Waals surface area (Å²) in [6.45, 7) is 2.91. The number of ether oxygens (including phenoxy) is 1. The Morgan fingerprint density at radius 3 is 2.78 bits per heavy atom. The fourth-order valence-corrected chi connectivity index (χ4v) is 5.82. The van der Waals surface area contributed by atoms with Crippen LogP contribution in [0.15, 0.2) is 60.7 Å². The number of fused-ring (bicyclic) bond motifs is 5. The van der Waals surface area contributed by atoms with Gasteiger partial charge in [-0.25, -0.2) is 0 Å². The first kappa shape index (κ1) is 17.1. The van der Waals surface area contributed by atoms with Crippen LogP contribution in [-0.4, -0.2) is 11.2 Å². The first-order valence-corrected chi connectivity index (χ1v) is 10.3. The fraction of sp³-hybridized carbons (Fsp3) is 0.440. The molecular weight excluding hydrogens is 332 g/mol. The van der Waals surface area contributed by atoms with Gasteiger partial charge in [-0.2, -0.15) is 0 Å². The van der Waals surface area contributed by atoms with Crippen LogP contribution in [0, 0.1) is 17.3 Å². The second-order valence-corrected chi connectivity index (χ2v) is 8.84. The van der Waals surface area contributed by atoms with Crippen molar-refractivity contribution >= 4 is 0 Å². The third-order valence-electron chi connectivity index (χ3n) is 7.42. The second-order valence-electron chi connectivity index (χ2n) is 8.84. The number of rotatable bonds is 3. The summed E-state index contributed by atoms with van der Waals surface area (Å²) in [5.41, 5.74) is 4.24. The van der Waals surface area contributed by atoms with Crippen molar-refractivity contribution in [3.05, 3.63) is 77.4 Å².